The lowest BCUT2D eigenvalue weighted by Gasteiger charge is -2.08. The number of rotatable bonds is 6. The van der Waals surface area contributed by atoms with Gasteiger partial charge in [-0.25, -0.2) is 0 Å². The van der Waals surface area contributed by atoms with Crippen LogP contribution in [0.25, 0.3) is 0 Å². The molecule has 7 heteroatoms. The van der Waals surface area contributed by atoms with Gasteiger partial charge in [-0.2, -0.15) is 0 Å². The summed E-state index contributed by atoms with van der Waals surface area (Å²) >= 11 is 5.77. The van der Waals surface area contributed by atoms with Crippen molar-refractivity contribution in [1.82, 2.24) is 5.32 Å². The Hall–Kier alpha value is -2.60. The lowest BCUT2D eigenvalue weighted by molar-refractivity contribution is -0.384. The van der Waals surface area contributed by atoms with Crippen LogP contribution in [-0.2, 0) is 11.3 Å². The topological polar surface area (TPSA) is 81.5 Å². The standard InChI is InChI=1S/C16H15ClN2O4/c1-11-2-4-12(5-3-11)9-18-16(20)10-23-13-6-7-15(19(21)22)14(17)8-13/h2-8H,9-10H2,1H3,(H,18,20). The number of nitrogens with zero attached hydrogens (tertiary/aromatic N) is 1. The first-order valence-corrected chi connectivity index (χ1v) is 7.22. The summed E-state index contributed by atoms with van der Waals surface area (Å²) in [5, 5.41) is 13.3. The summed E-state index contributed by atoms with van der Waals surface area (Å²) in [5.74, 6) is 0.00568. The maximum absolute atomic E-state index is 11.7. The van der Waals surface area contributed by atoms with Gasteiger partial charge in [-0.1, -0.05) is 41.4 Å². The molecule has 2 aromatic rings. The van der Waals surface area contributed by atoms with E-state index >= 15 is 0 Å². The second kappa shape index (κ2) is 7.60. The van der Waals surface area contributed by atoms with Gasteiger partial charge in [0.05, 0.1) is 4.92 Å². The zero-order chi connectivity index (χ0) is 16.8. The molecule has 0 aliphatic rings. The van der Waals surface area contributed by atoms with Crippen LogP contribution in [0.15, 0.2) is 42.5 Å². The highest BCUT2D eigenvalue weighted by atomic mass is 35.5. The Bertz CT molecular complexity index is 717. The average Bonchev–Trinajstić information content (AvgIpc) is 2.52. The molecule has 0 saturated carbocycles. The summed E-state index contributed by atoms with van der Waals surface area (Å²) < 4.78 is 5.27. The van der Waals surface area contributed by atoms with Gasteiger partial charge >= 0.3 is 0 Å². The van der Waals surface area contributed by atoms with Gasteiger partial charge in [-0.05, 0) is 18.6 Å². The van der Waals surface area contributed by atoms with Crippen LogP contribution in [-0.4, -0.2) is 17.4 Å². The third-order valence-corrected chi connectivity index (χ3v) is 3.40. The highest BCUT2D eigenvalue weighted by molar-refractivity contribution is 6.32. The van der Waals surface area contributed by atoms with E-state index in [1.54, 1.807) is 0 Å². The molecule has 2 rings (SSSR count). The van der Waals surface area contributed by atoms with E-state index < -0.39 is 4.92 Å². The van der Waals surface area contributed by atoms with Gasteiger partial charge in [0.2, 0.25) is 0 Å². The largest absolute Gasteiger partial charge is 0.484 e. The molecular weight excluding hydrogens is 320 g/mol. The number of ether oxygens (including phenoxy) is 1. The van der Waals surface area contributed by atoms with E-state index in [1.807, 2.05) is 31.2 Å². The second-order valence-electron chi connectivity index (χ2n) is 4.92. The first-order chi connectivity index (χ1) is 11.0. The van der Waals surface area contributed by atoms with Gasteiger partial charge in [0.25, 0.3) is 11.6 Å². The van der Waals surface area contributed by atoms with E-state index in [2.05, 4.69) is 5.32 Å². The van der Waals surface area contributed by atoms with E-state index in [-0.39, 0.29) is 23.2 Å². The van der Waals surface area contributed by atoms with Crippen LogP contribution in [0.3, 0.4) is 0 Å². The molecule has 6 nitrogen and oxygen atoms in total. The van der Waals surface area contributed by atoms with Gasteiger partial charge in [-0.15, -0.1) is 0 Å². The van der Waals surface area contributed by atoms with Crippen molar-refractivity contribution in [2.45, 2.75) is 13.5 Å². The van der Waals surface area contributed by atoms with Gasteiger partial charge in [0.1, 0.15) is 10.8 Å². The number of hydrogen-bond donors (Lipinski definition) is 1. The number of carbonyl (C=O) groups excluding carboxylic acids is 1. The average molecular weight is 335 g/mol. The Morgan fingerprint density at radius 1 is 1.26 bits per heavy atom. The molecule has 0 aromatic heterocycles. The molecule has 0 atom stereocenters. The zero-order valence-corrected chi connectivity index (χ0v) is 13.2. The van der Waals surface area contributed by atoms with Crippen molar-refractivity contribution < 1.29 is 14.5 Å². The molecule has 0 heterocycles. The third kappa shape index (κ3) is 4.96. The van der Waals surface area contributed by atoms with Crippen LogP contribution in [0, 0.1) is 17.0 Å². The molecule has 23 heavy (non-hydrogen) atoms. The summed E-state index contributed by atoms with van der Waals surface area (Å²) in [6.45, 7) is 2.20. The predicted octanol–water partition coefficient (Wildman–Crippen LogP) is 3.25. The lowest BCUT2D eigenvalue weighted by atomic mass is 10.1. The maximum Gasteiger partial charge on any atom is 0.288 e. The van der Waals surface area contributed by atoms with E-state index in [1.165, 1.54) is 18.2 Å². The summed E-state index contributed by atoms with van der Waals surface area (Å²) in [4.78, 5) is 21.8. The van der Waals surface area contributed by atoms with Crippen molar-refractivity contribution in [3.63, 3.8) is 0 Å². The van der Waals surface area contributed by atoms with Crippen LogP contribution >= 0.6 is 11.6 Å². The number of nitro groups is 1. The van der Waals surface area contributed by atoms with Crippen molar-refractivity contribution in [2.75, 3.05) is 6.61 Å². The first-order valence-electron chi connectivity index (χ1n) is 6.84. The minimum atomic E-state index is -0.583. The fourth-order valence-electron chi connectivity index (χ4n) is 1.83. The monoisotopic (exact) mass is 334 g/mol. The summed E-state index contributed by atoms with van der Waals surface area (Å²) in [5.41, 5.74) is 1.93. The quantitative estimate of drug-likeness (QED) is 0.649. The number of amides is 1. The zero-order valence-electron chi connectivity index (χ0n) is 12.4. The van der Waals surface area contributed by atoms with Crippen molar-refractivity contribution >= 4 is 23.2 Å². The van der Waals surface area contributed by atoms with Gasteiger partial charge in [-0.3, -0.25) is 14.9 Å². The van der Waals surface area contributed by atoms with E-state index in [9.17, 15) is 14.9 Å². The van der Waals surface area contributed by atoms with Crippen LogP contribution in [0.4, 0.5) is 5.69 Å². The number of hydrogen-bond acceptors (Lipinski definition) is 4. The fourth-order valence-corrected chi connectivity index (χ4v) is 2.07. The summed E-state index contributed by atoms with van der Waals surface area (Å²) in [7, 11) is 0. The molecule has 0 saturated heterocycles. The maximum atomic E-state index is 11.7. The van der Waals surface area contributed by atoms with E-state index in [0.717, 1.165) is 11.1 Å². The van der Waals surface area contributed by atoms with Crippen molar-refractivity contribution in [1.29, 1.82) is 0 Å². The molecule has 0 unspecified atom stereocenters. The minimum absolute atomic E-state index is 0.0347. The fraction of sp³-hybridized carbons (Fsp3) is 0.188. The third-order valence-electron chi connectivity index (χ3n) is 3.10. The highest BCUT2D eigenvalue weighted by Crippen LogP contribution is 2.28. The molecule has 0 aliphatic heterocycles. The molecule has 0 radical (unpaired) electrons. The minimum Gasteiger partial charge on any atom is -0.484 e. The number of aryl methyl sites for hydroxylation is 1. The molecule has 0 spiro atoms. The Morgan fingerprint density at radius 3 is 2.57 bits per heavy atom. The molecule has 2 aromatic carbocycles. The predicted molar refractivity (Wildman–Crippen MR) is 86.6 cm³/mol. The first kappa shape index (κ1) is 16.8. The lowest BCUT2D eigenvalue weighted by Crippen LogP contribution is -2.28. The summed E-state index contributed by atoms with van der Waals surface area (Å²) in [6, 6.07) is 11.8. The smallest absolute Gasteiger partial charge is 0.288 e. The summed E-state index contributed by atoms with van der Waals surface area (Å²) in [6.07, 6.45) is 0. The number of nitrogens with one attached hydrogen (secondary N) is 1. The molecule has 1 amide bonds. The van der Waals surface area contributed by atoms with Gasteiger partial charge < -0.3 is 10.1 Å². The highest BCUT2D eigenvalue weighted by Gasteiger charge is 2.13. The van der Waals surface area contributed by atoms with Crippen molar-refractivity contribution in [3.05, 3.63) is 68.7 Å². The van der Waals surface area contributed by atoms with Crippen molar-refractivity contribution in [2.24, 2.45) is 0 Å². The Kier molecular flexibility index (Phi) is 5.54. The normalized spacial score (nSPS) is 10.2. The van der Waals surface area contributed by atoms with Crippen LogP contribution < -0.4 is 10.1 Å². The Morgan fingerprint density at radius 2 is 1.96 bits per heavy atom. The SMILES string of the molecule is Cc1ccc(CNC(=O)COc2ccc([N+](=O)[O-])c(Cl)c2)cc1. The molecule has 0 bridgehead atoms. The van der Waals surface area contributed by atoms with Gasteiger partial charge in [0.15, 0.2) is 6.61 Å². The van der Waals surface area contributed by atoms with E-state index in [4.69, 9.17) is 16.3 Å². The second-order valence-corrected chi connectivity index (χ2v) is 5.33. The molecule has 0 aliphatic carbocycles. The molecule has 120 valence electrons. The Labute approximate surface area is 138 Å². The van der Waals surface area contributed by atoms with Crippen molar-refractivity contribution in [3.8, 4) is 5.75 Å². The molecular formula is C16H15ClN2O4. The molecule has 0 fully saturated rings. The molecule has 1 N–H and O–H groups in total. The van der Waals surface area contributed by atoms with Crippen LogP contribution in [0.2, 0.25) is 5.02 Å². The van der Waals surface area contributed by atoms with Crippen LogP contribution in [0.1, 0.15) is 11.1 Å². The van der Waals surface area contributed by atoms with Crippen LogP contribution in [0.5, 0.6) is 5.75 Å². The number of benzene rings is 2. The number of carbonyl (C=O) groups is 1. The Balaban J connectivity index is 1.83. The number of nitro benzene ring substituents is 1. The van der Waals surface area contributed by atoms with Gasteiger partial charge in [0, 0.05) is 18.7 Å². The number of halogens is 1. The van der Waals surface area contributed by atoms with E-state index in [0.29, 0.717) is 12.3 Å².